The summed E-state index contributed by atoms with van der Waals surface area (Å²) in [5, 5.41) is 6.91. The standard InChI is InChI=1S/C19H18ClN3O2/c20-16-10-4-5-11-17(16)22-18(24)12-13-19(25)23-21-14-6-9-15-7-2-1-3-8-15/h1-11,14H,12-13H2,(H,22,24)(H,23,25). The van der Waals surface area contributed by atoms with Crippen LogP contribution in [0.4, 0.5) is 5.69 Å². The average Bonchev–Trinajstić information content (AvgIpc) is 2.62. The summed E-state index contributed by atoms with van der Waals surface area (Å²) in [6.45, 7) is 0. The Morgan fingerprint density at radius 2 is 1.64 bits per heavy atom. The molecule has 0 aliphatic rings. The molecule has 0 heterocycles. The van der Waals surface area contributed by atoms with Crippen molar-refractivity contribution in [3.63, 3.8) is 0 Å². The first kappa shape index (κ1) is 18.4. The Labute approximate surface area is 151 Å². The molecule has 2 rings (SSSR count). The van der Waals surface area contributed by atoms with Gasteiger partial charge in [0.1, 0.15) is 0 Å². The van der Waals surface area contributed by atoms with Gasteiger partial charge in [-0.2, -0.15) is 5.10 Å². The molecule has 0 aliphatic carbocycles. The second kappa shape index (κ2) is 10.1. The zero-order valence-corrected chi connectivity index (χ0v) is 14.2. The topological polar surface area (TPSA) is 70.6 Å². The number of hydrogen-bond donors (Lipinski definition) is 2. The predicted octanol–water partition coefficient (Wildman–Crippen LogP) is 3.87. The van der Waals surface area contributed by atoms with Crippen LogP contribution in [-0.2, 0) is 9.59 Å². The lowest BCUT2D eigenvalue weighted by molar-refractivity contribution is -0.124. The third-order valence-corrected chi connectivity index (χ3v) is 3.49. The van der Waals surface area contributed by atoms with Crippen molar-refractivity contribution < 1.29 is 9.59 Å². The van der Waals surface area contributed by atoms with Crippen LogP contribution in [0.3, 0.4) is 0 Å². The highest BCUT2D eigenvalue weighted by molar-refractivity contribution is 6.33. The van der Waals surface area contributed by atoms with Gasteiger partial charge in [0, 0.05) is 19.1 Å². The molecule has 0 bridgehead atoms. The Morgan fingerprint density at radius 1 is 0.960 bits per heavy atom. The van der Waals surface area contributed by atoms with Gasteiger partial charge in [0.05, 0.1) is 10.7 Å². The van der Waals surface area contributed by atoms with Crippen molar-refractivity contribution >= 4 is 41.4 Å². The van der Waals surface area contributed by atoms with Crippen LogP contribution < -0.4 is 10.7 Å². The number of hydrogen-bond acceptors (Lipinski definition) is 3. The first-order valence-corrected chi connectivity index (χ1v) is 8.11. The fraction of sp³-hybridized carbons (Fsp3) is 0.105. The SMILES string of the molecule is O=C(CCC(=O)Nc1ccccc1Cl)NN=CC=Cc1ccccc1. The van der Waals surface area contributed by atoms with Crippen LogP contribution in [0.1, 0.15) is 18.4 Å². The van der Waals surface area contributed by atoms with E-state index in [4.69, 9.17) is 11.6 Å². The fourth-order valence-corrected chi connectivity index (χ4v) is 2.11. The van der Waals surface area contributed by atoms with E-state index in [9.17, 15) is 9.59 Å². The van der Waals surface area contributed by atoms with Gasteiger partial charge in [-0.1, -0.05) is 60.1 Å². The van der Waals surface area contributed by atoms with E-state index in [1.807, 2.05) is 36.4 Å². The summed E-state index contributed by atoms with van der Waals surface area (Å²) in [6, 6.07) is 16.7. The van der Waals surface area contributed by atoms with Crippen molar-refractivity contribution in [1.82, 2.24) is 5.43 Å². The van der Waals surface area contributed by atoms with Crippen LogP contribution >= 0.6 is 11.6 Å². The van der Waals surface area contributed by atoms with Crippen LogP contribution in [0.15, 0.2) is 65.8 Å². The second-order valence-corrected chi connectivity index (χ2v) is 5.52. The number of amides is 2. The van der Waals surface area contributed by atoms with E-state index in [0.29, 0.717) is 10.7 Å². The lowest BCUT2D eigenvalue weighted by Gasteiger charge is -2.06. The Bertz CT molecular complexity index is 773. The van der Waals surface area contributed by atoms with Crippen LogP contribution in [0.5, 0.6) is 0 Å². The number of benzene rings is 2. The molecule has 2 aromatic carbocycles. The third kappa shape index (κ3) is 7.01. The molecule has 0 aromatic heterocycles. The Kier molecular flexibility index (Phi) is 7.41. The summed E-state index contributed by atoms with van der Waals surface area (Å²) in [5.74, 6) is -0.616. The predicted molar refractivity (Wildman–Crippen MR) is 101 cm³/mol. The number of anilines is 1. The van der Waals surface area contributed by atoms with Crippen molar-refractivity contribution in [2.24, 2.45) is 5.10 Å². The molecule has 128 valence electrons. The molecule has 2 aromatic rings. The fourth-order valence-electron chi connectivity index (χ4n) is 1.93. The number of hydrazone groups is 1. The van der Waals surface area contributed by atoms with Gasteiger partial charge in [0.2, 0.25) is 11.8 Å². The molecule has 6 heteroatoms. The minimum atomic E-state index is -0.335. The third-order valence-electron chi connectivity index (χ3n) is 3.17. The van der Waals surface area contributed by atoms with E-state index >= 15 is 0 Å². The molecule has 0 atom stereocenters. The minimum absolute atomic E-state index is 0.0377. The van der Waals surface area contributed by atoms with Crippen molar-refractivity contribution in [2.45, 2.75) is 12.8 Å². The molecule has 0 saturated heterocycles. The highest BCUT2D eigenvalue weighted by Gasteiger charge is 2.08. The van der Waals surface area contributed by atoms with E-state index in [0.717, 1.165) is 5.56 Å². The maximum atomic E-state index is 11.8. The number of carbonyl (C=O) groups excluding carboxylic acids is 2. The van der Waals surface area contributed by atoms with E-state index in [-0.39, 0.29) is 24.7 Å². The Morgan fingerprint density at radius 3 is 2.40 bits per heavy atom. The van der Waals surface area contributed by atoms with Gasteiger partial charge in [0.15, 0.2) is 0 Å². The van der Waals surface area contributed by atoms with Crippen LogP contribution in [0.25, 0.3) is 6.08 Å². The van der Waals surface area contributed by atoms with Crippen LogP contribution in [0, 0.1) is 0 Å². The average molecular weight is 356 g/mol. The number of rotatable bonds is 7. The van der Waals surface area contributed by atoms with E-state index in [1.54, 1.807) is 30.3 Å². The number of para-hydroxylation sites is 1. The number of carbonyl (C=O) groups is 2. The number of halogens is 1. The number of nitrogens with one attached hydrogen (secondary N) is 2. The summed E-state index contributed by atoms with van der Waals surface area (Å²) >= 11 is 5.95. The molecular weight excluding hydrogens is 338 g/mol. The van der Waals surface area contributed by atoms with Gasteiger partial charge in [0.25, 0.3) is 0 Å². The van der Waals surface area contributed by atoms with E-state index in [1.165, 1.54) is 6.21 Å². The summed E-state index contributed by atoms with van der Waals surface area (Å²) in [5.41, 5.74) is 3.94. The maximum Gasteiger partial charge on any atom is 0.240 e. The molecule has 0 spiro atoms. The van der Waals surface area contributed by atoms with Gasteiger partial charge in [-0.05, 0) is 23.8 Å². The number of allylic oxidation sites excluding steroid dienone is 1. The molecular formula is C19H18ClN3O2. The minimum Gasteiger partial charge on any atom is -0.325 e. The molecule has 0 unspecified atom stereocenters. The van der Waals surface area contributed by atoms with E-state index in [2.05, 4.69) is 15.8 Å². The summed E-state index contributed by atoms with van der Waals surface area (Å²) in [4.78, 5) is 23.4. The first-order chi connectivity index (χ1) is 12.1. The van der Waals surface area contributed by atoms with Gasteiger partial charge < -0.3 is 5.32 Å². The molecule has 0 aliphatic heterocycles. The zero-order chi connectivity index (χ0) is 17.9. The largest absolute Gasteiger partial charge is 0.325 e. The molecule has 2 amide bonds. The monoisotopic (exact) mass is 355 g/mol. The van der Waals surface area contributed by atoms with Gasteiger partial charge in [-0.25, -0.2) is 5.43 Å². The normalized spacial score (nSPS) is 10.9. The summed E-state index contributed by atoms with van der Waals surface area (Å²) in [6.07, 6.45) is 5.16. The molecule has 0 fully saturated rings. The summed E-state index contributed by atoms with van der Waals surface area (Å²) < 4.78 is 0. The molecule has 25 heavy (non-hydrogen) atoms. The maximum absolute atomic E-state index is 11.8. The van der Waals surface area contributed by atoms with Crippen molar-refractivity contribution in [3.05, 3.63) is 71.3 Å². The lowest BCUT2D eigenvalue weighted by Crippen LogP contribution is -2.20. The molecule has 5 nitrogen and oxygen atoms in total. The van der Waals surface area contributed by atoms with Crippen molar-refractivity contribution in [1.29, 1.82) is 0 Å². The second-order valence-electron chi connectivity index (χ2n) is 5.11. The summed E-state index contributed by atoms with van der Waals surface area (Å²) in [7, 11) is 0. The van der Waals surface area contributed by atoms with Gasteiger partial charge in [-0.15, -0.1) is 0 Å². The van der Waals surface area contributed by atoms with Crippen LogP contribution in [0.2, 0.25) is 5.02 Å². The highest BCUT2D eigenvalue weighted by Crippen LogP contribution is 2.20. The van der Waals surface area contributed by atoms with Crippen molar-refractivity contribution in [3.8, 4) is 0 Å². The zero-order valence-electron chi connectivity index (χ0n) is 13.5. The molecule has 0 radical (unpaired) electrons. The number of nitrogens with zero attached hydrogens (tertiary/aromatic N) is 1. The van der Waals surface area contributed by atoms with Gasteiger partial charge in [-0.3, -0.25) is 9.59 Å². The van der Waals surface area contributed by atoms with E-state index < -0.39 is 0 Å². The lowest BCUT2D eigenvalue weighted by atomic mass is 10.2. The van der Waals surface area contributed by atoms with Gasteiger partial charge >= 0.3 is 0 Å². The smallest absolute Gasteiger partial charge is 0.240 e. The van der Waals surface area contributed by atoms with Crippen LogP contribution in [-0.4, -0.2) is 18.0 Å². The Hall–Kier alpha value is -2.92. The van der Waals surface area contributed by atoms with Crippen molar-refractivity contribution in [2.75, 3.05) is 5.32 Å². The first-order valence-electron chi connectivity index (χ1n) is 7.73. The quantitative estimate of drug-likeness (QED) is 0.584. The Balaban J connectivity index is 1.68. The highest BCUT2D eigenvalue weighted by atomic mass is 35.5. The molecule has 2 N–H and O–H groups in total. The molecule has 0 saturated carbocycles.